The minimum atomic E-state index is -0.0711. The van der Waals surface area contributed by atoms with Crippen LogP contribution in [0.1, 0.15) is 47.6 Å². The van der Waals surface area contributed by atoms with E-state index in [0.29, 0.717) is 12.2 Å². The van der Waals surface area contributed by atoms with E-state index < -0.39 is 0 Å². The summed E-state index contributed by atoms with van der Waals surface area (Å²) in [6.07, 6.45) is 6.58. The fourth-order valence-electron chi connectivity index (χ4n) is 2.97. The first-order chi connectivity index (χ1) is 10.2. The summed E-state index contributed by atoms with van der Waals surface area (Å²) in [5.41, 5.74) is 6.23. The van der Waals surface area contributed by atoms with Crippen molar-refractivity contribution in [2.75, 3.05) is 26.8 Å². The maximum atomic E-state index is 12.2. The Balaban J connectivity index is 0.00000242. The minimum absolute atomic E-state index is 0. The first-order valence-electron chi connectivity index (χ1n) is 7.61. The summed E-state index contributed by atoms with van der Waals surface area (Å²) in [5.74, 6) is -0.0711. The van der Waals surface area contributed by atoms with E-state index in [1.54, 1.807) is 7.11 Å². The highest BCUT2D eigenvalue weighted by molar-refractivity contribution is 7.09. The number of rotatable bonds is 8. The predicted molar refractivity (Wildman–Crippen MR) is 91.8 cm³/mol. The number of thiazole rings is 1. The number of methoxy groups -OCH3 is 1. The van der Waals surface area contributed by atoms with E-state index in [0.717, 1.165) is 31.0 Å². The summed E-state index contributed by atoms with van der Waals surface area (Å²) >= 11 is 1.50. The van der Waals surface area contributed by atoms with Gasteiger partial charge in [0.15, 0.2) is 0 Å². The van der Waals surface area contributed by atoms with Crippen molar-refractivity contribution >= 4 is 29.7 Å². The molecule has 0 atom stereocenters. The van der Waals surface area contributed by atoms with Gasteiger partial charge in [0.1, 0.15) is 5.69 Å². The van der Waals surface area contributed by atoms with Crippen LogP contribution in [0.2, 0.25) is 0 Å². The van der Waals surface area contributed by atoms with Crippen LogP contribution in [-0.2, 0) is 11.2 Å². The summed E-state index contributed by atoms with van der Waals surface area (Å²) in [6.45, 7) is 2.04. The SMILES string of the molecule is COCCC1(CNC(=O)c2csc(CCN)n2)CCCC1.Cl. The van der Waals surface area contributed by atoms with Gasteiger partial charge in [-0.25, -0.2) is 4.98 Å². The van der Waals surface area contributed by atoms with Crippen LogP contribution < -0.4 is 11.1 Å². The molecule has 1 aromatic heterocycles. The molecule has 0 saturated heterocycles. The standard InChI is InChI=1S/C15H25N3O2S.ClH/c1-20-9-7-15(5-2-3-6-15)11-17-14(19)12-10-21-13(18-12)4-8-16;/h10H,2-9,11,16H2,1H3,(H,17,19);1H. The Morgan fingerprint density at radius 1 is 1.50 bits per heavy atom. The molecule has 0 aromatic carbocycles. The third-order valence-electron chi connectivity index (χ3n) is 4.27. The summed E-state index contributed by atoms with van der Waals surface area (Å²) < 4.78 is 5.22. The molecule has 22 heavy (non-hydrogen) atoms. The number of aromatic nitrogens is 1. The zero-order valence-electron chi connectivity index (χ0n) is 13.1. The summed E-state index contributed by atoms with van der Waals surface area (Å²) in [7, 11) is 1.73. The second-order valence-electron chi connectivity index (χ2n) is 5.80. The average molecular weight is 348 g/mol. The van der Waals surface area contributed by atoms with E-state index in [9.17, 15) is 4.79 Å². The third kappa shape index (κ3) is 5.19. The van der Waals surface area contributed by atoms with Gasteiger partial charge in [-0.2, -0.15) is 0 Å². The van der Waals surface area contributed by atoms with Crippen molar-refractivity contribution in [3.05, 3.63) is 16.1 Å². The van der Waals surface area contributed by atoms with E-state index in [1.165, 1.54) is 37.0 Å². The average Bonchev–Trinajstić information content (AvgIpc) is 3.13. The van der Waals surface area contributed by atoms with Gasteiger partial charge in [0.05, 0.1) is 5.01 Å². The lowest BCUT2D eigenvalue weighted by atomic mass is 9.83. The van der Waals surface area contributed by atoms with Gasteiger partial charge in [-0.05, 0) is 31.2 Å². The Kier molecular flexibility index (Phi) is 8.31. The van der Waals surface area contributed by atoms with Crippen molar-refractivity contribution in [1.82, 2.24) is 10.3 Å². The van der Waals surface area contributed by atoms with Crippen LogP contribution in [0.15, 0.2) is 5.38 Å². The minimum Gasteiger partial charge on any atom is -0.385 e. The van der Waals surface area contributed by atoms with Gasteiger partial charge in [-0.15, -0.1) is 23.7 Å². The van der Waals surface area contributed by atoms with E-state index in [2.05, 4.69) is 10.3 Å². The Morgan fingerprint density at radius 2 is 2.23 bits per heavy atom. The van der Waals surface area contributed by atoms with Crippen molar-refractivity contribution in [2.24, 2.45) is 11.1 Å². The number of nitrogens with two attached hydrogens (primary N) is 1. The van der Waals surface area contributed by atoms with Crippen LogP contribution in [0.25, 0.3) is 0 Å². The molecule has 2 rings (SSSR count). The highest BCUT2D eigenvalue weighted by Gasteiger charge is 2.33. The zero-order valence-corrected chi connectivity index (χ0v) is 14.7. The van der Waals surface area contributed by atoms with Crippen molar-refractivity contribution in [3.8, 4) is 0 Å². The van der Waals surface area contributed by atoms with Gasteiger partial charge < -0.3 is 15.8 Å². The molecule has 5 nitrogen and oxygen atoms in total. The number of hydrogen-bond acceptors (Lipinski definition) is 5. The van der Waals surface area contributed by atoms with Crippen LogP contribution >= 0.6 is 23.7 Å². The van der Waals surface area contributed by atoms with Crippen LogP contribution in [0.5, 0.6) is 0 Å². The van der Waals surface area contributed by atoms with Crippen LogP contribution in [0, 0.1) is 5.41 Å². The molecule has 1 aliphatic rings. The topological polar surface area (TPSA) is 77.2 Å². The number of ether oxygens (including phenoxy) is 1. The van der Waals surface area contributed by atoms with Gasteiger partial charge in [-0.1, -0.05) is 12.8 Å². The molecule has 0 spiro atoms. The maximum Gasteiger partial charge on any atom is 0.270 e. The molecule has 1 saturated carbocycles. The lowest BCUT2D eigenvalue weighted by Crippen LogP contribution is -2.36. The summed E-state index contributed by atoms with van der Waals surface area (Å²) in [6, 6.07) is 0. The zero-order chi connectivity index (χ0) is 15.1. The smallest absolute Gasteiger partial charge is 0.270 e. The normalized spacial score (nSPS) is 16.3. The van der Waals surface area contributed by atoms with Crippen LogP contribution in [-0.4, -0.2) is 37.7 Å². The molecular weight excluding hydrogens is 322 g/mol. The van der Waals surface area contributed by atoms with E-state index >= 15 is 0 Å². The first-order valence-corrected chi connectivity index (χ1v) is 8.49. The number of halogens is 1. The van der Waals surface area contributed by atoms with Gasteiger partial charge in [-0.3, -0.25) is 4.79 Å². The number of nitrogens with zero attached hydrogens (tertiary/aromatic N) is 1. The maximum absolute atomic E-state index is 12.2. The Morgan fingerprint density at radius 3 is 2.86 bits per heavy atom. The fourth-order valence-corrected chi connectivity index (χ4v) is 3.76. The lowest BCUT2D eigenvalue weighted by molar-refractivity contribution is 0.0899. The Bertz CT molecular complexity index is 461. The highest BCUT2D eigenvalue weighted by Crippen LogP contribution is 2.40. The molecular formula is C15H26ClN3O2S. The van der Waals surface area contributed by atoms with E-state index in [1.807, 2.05) is 5.38 Å². The second-order valence-corrected chi connectivity index (χ2v) is 6.74. The molecule has 0 unspecified atom stereocenters. The number of carbonyl (C=O) groups excluding carboxylic acids is 1. The number of amides is 1. The molecule has 3 N–H and O–H groups in total. The number of nitrogens with one attached hydrogen (secondary N) is 1. The molecule has 0 bridgehead atoms. The molecule has 1 heterocycles. The fraction of sp³-hybridized carbons (Fsp3) is 0.733. The van der Waals surface area contributed by atoms with E-state index in [-0.39, 0.29) is 23.7 Å². The number of carbonyl (C=O) groups is 1. The largest absolute Gasteiger partial charge is 0.385 e. The molecule has 1 fully saturated rings. The summed E-state index contributed by atoms with van der Waals surface area (Å²) in [4.78, 5) is 16.5. The van der Waals surface area contributed by atoms with Crippen molar-refractivity contribution < 1.29 is 9.53 Å². The van der Waals surface area contributed by atoms with Gasteiger partial charge in [0.25, 0.3) is 5.91 Å². The van der Waals surface area contributed by atoms with Crippen LogP contribution in [0.3, 0.4) is 0 Å². The Hall–Kier alpha value is -0.690. The molecule has 1 aliphatic carbocycles. The molecule has 126 valence electrons. The van der Waals surface area contributed by atoms with Crippen molar-refractivity contribution in [3.63, 3.8) is 0 Å². The van der Waals surface area contributed by atoms with Crippen molar-refractivity contribution in [1.29, 1.82) is 0 Å². The third-order valence-corrected chi connectivity index (χ3v) is 5.18. The van der Waals surface area contributed by atoms with Gasteiger partial charge in [0.2, 0.25) is 0 Å². The molecule has 1 amide bonds. The van der Waals surface area contributed by atoms with E-state index in [4.69, 9.17) is 10.5 Å². The lowest BCUT2D eigenvalue weighted by Gasteiger charge is -2.28. The quantitative estimate of drug-likeness (QED) is 0.757. The monoisotopic (exact) mass is 347 g/mol. The molecule has 7 heteroatoms. The number of hydrogen-bond donors (Lipinski definition) is 2. The highest BCUT2D eigenvalue weighted by atomic mass is 35.5. The molecule has 0 aliphatic heterocycles. The van der Waals surface area contributed by atoms with Gasteiger partial charge in [0, 0.05) is 32.1 Å². The second kappa shape index (κ2) is 9.45. The Labute approximate surface area is 142 Å². The summed E-state index contributed by atoms with van der Waals surface area (Å²) in [5, 5.41) is 5.81. The molecule has 0 radical (unpaired) electrons. The predicted octanol–water partition coefficient (Wildman–Crippen LogP) is 2.39. The van der Waals surface area contributed by atoms with Crippen LogP contribution in [0.4, 0.5) is 0 Å². The first kappa shape index (κ1) is 19.4. The van der Waals surface area contributed by atoms with Crippen molar-refractivity contribution in [2.45, 2.75) is 38.5 Å². The molecule has 1 aromatic rings. The van der Waals surface area contributed by atoms with Gasteiger partial charge >= 0.3 is 0 Å².